The van der Waals surface area contributed by atoms with Crippen LogP contribution in [0, 0.1) is 5.82 Å². The van der Waals surface area contributed by atoms with E-state index in [1.807, 2.05) is 0 Å². The van der Waals surface area contributed by atoms with Gasteiger partial charge in [0.15, 0.2) is 0 Å². The highest BCUT2D eigenvalue weighted by Crippen LogP contribution is 2.35. The number of hydrazone groups is 1. The second-order valence-corrected chi connectivity index (χ2v) is 5.01. The van der Waals surface area contributed by atoms with Gasteiger partial charge in [0.2, 0.25) is 0 Å². The van der Waals surface area contributed by atoms with Crippen LogP contribution in [0.2, 0.25) is 0 Å². The smallest absolute Gasteiger partial charge is 0.442 e. The minimum atomic E-state index is -4.91. The highest BCUT2D eigenvalue weighted by atomic mass is 19.4. The zero-order valence-corrected chi connectivity index (χ0v) is 12.4. The van der Waals surface area contributed by atoms with Crippen LogP contribution in [0.1, 0.15) is 5.56 Å². The molecule has 0 bridgehead atoms. The van der Waals surface area contributed by atoms with Gasteiger partial charge < -0.3 is 9.47 Å². The van der Waals surface area contributed by atoms with Gasteiger partial charge in [0.1, 0.15) is 23.9 Å². The van der Waals surface area contributed by atoms with Crippen molar-refractivity contribution in [1.29, 1.82) is 0 Å². The van der Waals surface area contributed by atoms with Gasteiger partial charge in [-0.15, -0.1) is 13.2 Å². The molecule has 1 amide bonds. The van der Waals surface area contributed by atoms with Crippen LogP contribution in [0.4, 0.5) is 22.4 Å². The van der Waals surface area contributed by atoms with Crippen molar-refractivity contribution in [2.45, 2.75) is 6.36 Å². The maximum atomic E-state index is 13.0. The fraction of sp³-hybridized carbons (Fsp3) is 0.125. The van der Waals surface area contributed by atoms with Gasteiger partial charge in [-0.2, -0.15) is 5.10 Å². The van der Waals surface area contributed by atoms with Crippen molar-refractivity contribution in [1.82, 2.24) is 5.43 Å². The second kappa shape index (κ2) is 6.42. The molecule has 0 spiro atoms. The van der Waals surface area contributed by atoms with Crippen LogP contribution in [0.5, 0.6) is 5.75 Å². The number of carbonyl (C=O) groups is 1. The lowest BCUT2D eigenvalue weighted by Crippen LogP contribution is -2.30. The van der Waals surface area contributed by atoms with Crippen molar-refractivity contribution >= 4 is 11.8 Å². The topological polar surface area (TPSA) is 59.9 Å². The summed E-state index contributed by atoms with van der Waals surface area (Å²) >= 11 is 0. The highest BCUT2D eigenvalue weighted by molar-refractivity contribution is 6.04. The molecule has 3 rings (SSSR count). The fourth-order valence-electron chi connectivity index (χ4n) is 2.24. The Morgan fingerprint density at radius 3 is 2.36 bits per heavy atom. The summed E-state index contributed by atoms with van der Waals surface area (Å²) in [6.45, 7) is -0.187. The Kier molecular flexibility index (Phi) is 4.30. The van der Waals surface area contributed by atoms with Gasteiger partial charge in [-0.3, -0.25) is 0 Å². The predicted octanol–water partition coefficient (Wildman–Crippen LogP) is 3.84. The number of halogens is 4. The summed E-state index contributed by atoms with van der Waals surface area (Å²) in [5.41, 5.74) is 3.07. The van der Waals surface area contributed by atoms with Crippen LogP contribution in [0.25, 0.3) is 11.1 Å². The minimum Gasteiger partial charge on any atom is -0.442 e. The summed E-state index contributed by atoms with van der Waals surface area (Å²) < 4.78 is 60.1. The lowest BCUT2D eigenvalue weighted by molar-refractivity contribution is -0.274. The van der Waals surface area contributed by atoms with Crippen molar-refractivity contribution in [2.24, 2.45) is 5.10 Å². The lowest BCUT2D eigenvalue weighted by Gasteiger charge is -2.17. The standard InChI is InChI=1S/C16H10F4N2O3/c17-11-4-1-9(2-5-11)12-6-3-10(7-14(12)25-16(18,19)20)13-8-24-15(23)22-21-13/h1-7H,8H2,(H,22,23). The van der Waals surface area contributed by atoms with Crippen molar-refractivity contribution < 1.29 is 31.8 Å². The number of amides is 1. The van der Waals surface area contributed by atoms with Gasteiger partial charge in [0.25, 0.3) is 0 Å². The molecule has 5 nitrogen and oxygen atoms in total. The molecule has 130 valence electrons. The van der Waals surface area contributed by atoms with Crippen molar-refractivity contribution in [2.75, 3.05) is 6.61 Å². The van der Waals surface area contributed by atoms with Gasteiger partial charge in [0.05, 0.1) is 0 Å². The van der Waals surface area contributed by atoms with Crippen molar-refractivity contribution in [3.05, 3.63) is 53.8 Å². The zero-order chi connectivity index (χ0) is 18.0. The average Bonchev–Trinajstić information content (AvgIpc) is 2.55. The third-order valence-corrected chi connectivity index (χ3v) is 3.32. The van der Waals surface area contributed by atoms with Gasteiger partial charge in [-0.1, -0.05) is 18.2 Å². The van der Waals surface area contributed by atoms with E-state index in [1.54, 1.807) is 0 Å². The second-order valence-electron chi connectivity index (χ2n) is 5.01. The van der Waals surface area contributed by atoms with E-state index in [2.05, 4.69) is 15.3 Å². The van der Waals surface area contributed by atoms with Crippen LogP contribution in [-0.2, 0) is 4.74 Å². The Balaban J connectivity index is 2.03. The normalized spacial score (nSPS) is 14.4. The number of ether oxygens (including phenoxy) is 2. The minimum absolute atomic E-state index is 0.127. The SMILES string of the molecule is O=C1NN=C(c2ccc(-c3ccc(F)cc3)c(OC(F)(F)F)c2)CO1. The van der Waals surface area contributed by atoms with E-state index >= 15 is 0 Å². The van der Waals surface area contributed by atoms with Gasteiger partial charge in [0, 0.05) is 11.1 Å². The van der Waals surface area contributed by atoms with Crippen LogP contribution in [0.15, 0.2) is 47.6 Å². The lowest BCUT2D eigenvalue weighted by atomic mass is 10.0. The molecule has 0 radical (unpaired) electrons. The fourth-order valence-corrected chi connectivity index (χ4v) is 2.24. The van der Waals surface area contributed by atoms with E-state index in [4.69, 9.17) is 4.74 Å². The molecule has 0 aliphatic carbocycles. The molecule has 0 saturated heterocycles. The summed E-state index contributed by atoms with van der Waals surface area (Å²) in [6.07, 6.45) is -5.66. The number of alkyl halides is 3. The van der Waals surface area contributed by atoms with E-state index in [0.29, 0.717) is 5.56 Å². The van der Waals surface area contributed by atoms with Gasteiger partial charge >= 0.3 is 12.5 Å². The molecule has 0 saturated carbocycles. The summed E-state index contributed by atoms with van der Waals surface area (Å²) in [6, 6.07) is 8.98. The predicted molar refractivity (Wildman–Crippen MR) is 79.5 cm³/mol. The maximum absolute atomic E-state index is 13.0. The summed E-state index contributed by atoms with van der Waals surface area (Å²) in [5.74, 6) is -0.987. The van der Waals surface area contributed by atoms with E-state index in [0.717, 1.165) is 18.2 Å². The third kappa shape index (κ3) is 4.06. The monoisotopic (exact) mass is 354 g/mol. The first-order valence-electron chi connectivity index (χ1n) is 6.97. The Morgan fingerprint density at radius 2 is 1.76 bits per heavy atom. The first-order chi connectivity index (χ1) is 11.8. The Morgan fingerprint density at radius 1 is 1.08 bits per heavy atom. The van der Waals surface area contributed by atoms with Crippen molar-refractivity contribution in [3.63, 3.8) is 0 Å². The number of rotatable bonds is 3. The Labute approximate surface area is 138 Å². The first-order valence-corrected chi connectivity index (χ1v) is 6.97. The zero-order valence-electron chi connectivity index (χ0n) is 12.4. The molecule has 1 heterocycles. The molecule has 25 heavy (non-hydrogen) atoms. The number of hydrogen-bond acceptors (Lipinski definition) is 4. The van der Waals surface area contributed by atoms with E-state index in [1.165, 1.54) is 24.3 Å². The van der Waals surface area contributed by atoms with E-state index in [9.17, 15) is 22.4 Å². The Bertz CT molecular complexity index is 832. The average molecular weight is 354 g/mol. The van der Waals surface area contributed by atoms with E-state index < -0.39 is 24.0 Å². The quantitative estimate of drug-likeness (QED) is 0.852. The molecule has 0 unspecified atom stereocenters. The van der Waals surface area contributed by atoms with Crippen LogP contribution >= 0.6 is 0 Å². The summed E-state index contributed by atoms with van der Waals surface area (Å²) in [5, 5.41) is 3.74. The van der Waals surface area contributed by atoms with Crippen LogP contribution < -0.4 is 10.2 Å². The van der Waals surface area contributed by atoms with Crippen molar-refractivity contribution in [3.8, 4) is 16.9 Å². The highest BCUT2D eigenvalue weighted by Gasteiger charge is 2.32. The summed E-state index contributed by atoms with van der Waals surface area (Å²) in [7, 11) is 0. The maximum Gasteiger partial charge on any atom is 0.573 e. The number of benzene rings is 2. The molecular weight excluding hydrogens is 344 g/mol. The molecule has 2 aromatic rings. The number of nitrogens with one attached hydrogen (secondary N) is 1. The number of hydrogen-bond donors (Lipinski definition) is 1. The molecule has 9 heteroatoms. The van der Waals surface area contributed by atoms with Crippen LogP contribution in [-0.4, -0.2) is 24.8 Å². The summed E-state index contributed by atoms with van der Waals surface area (Å²) in [4.78, 5) is 10.9. The molecule has 0 aromatic heterocycles. The van der Waals surface area contributed by atoms with Crippen LogP contribution in [0.3, 0.4) is 0 Å². The Hall–Kier alpha value is -3.10. The molecule has 1 N–H and O–H groups in total. The molecule has 1 aliphatic heterocycles. The van der Waals surface area contributed by atoms with Gasteiger partial charge in [-0.05, 0) is 29.8 Å². The molecule has 0 fully saturated rings. The molecule has 2 aromatic carbocycles. The first kappa shape index (κ1) is 16.7. The molecule has 0 atom stereocenters. The van der Waals surface area contributed by atoms with Gasteiger partial charge in [-0.25, -0.2) is 14.6 Å². The molecule has 1 aliphatic rings. The number of carbonyl (C=O) groups excluding carboxylic acids is 1. The number of cyclic esters (lactones) is 1. The third-order valence-electron chi connectivity index (χ3n) is 3.32. The largest absolute Gasteiger partial charge is 0.573 e. The molecular formula is C16H10F4N2O3. The number of nitrogens with zero attached hydrogens (tertiary/aromatic N) is 1. The van der Waals surface area contributed by atoms with E-state index in [-0.39, 0.29) is 23.4 Å².